The van der Waals surface area contributed by atoms with Crippen molar-refractivity contribution in [3.05, 3.63) is 22.8 Å². The summed E-state index contributed by atoms with van der Waals surface area (Å²) < 4.78 is 0. The van der Waals surface area contributed by atoms with Gasteiger partial charge < -0.3 is 5.43 Å². The first-order valence-electron chi connectivity index (χ1n) is 3.39. The molecule has 1 aromatic rings. The zero-order chi connectivity index (χ0) is 8.27. The molecule has 1 rings (SSSR count). The predicted octanol–water partition coefficient (Wildman–Crippen LogP) is 1.58. The van der Waals surface area contributed by atoms with E-state index < -0.39 is 0 Å². The molecule has 1 aromatic heterocycles. The molecule has 0 aromatic carbocycles. The highest BCUT2D eigenvalue weighted by Crippen LogP contribution is 2.22. The lowest BCUT2D eigenvalue weighted by Gasteiger charge is -2.04. The summed E-state index contributed by atoms with van der Waals surface area (Å²) in [4.78, 5) is 3.94. The maximum absolute atomic E-state index is 5.90. The van der Waals surface area contributed by atoms with Crippen LogP contribution in [0, 0.1) is 0 Å². The van der Waals surface area contributed by atoms with E-state index in [-0.39, 0.29) is 0 Å². The molecule has 0 spiro atoms. The van der Waals surface area contributed by atoms with E-state index in [9.17, 15) is 0 Å². The lowest BCUT2D eigenvalue weighted by atomic mass is 10.2. The quantitative estimate of drug-likeness (QED) is 0.525. The van der Waals surface area contributed by atoms with Gasteiger partial charge in [-0.25, -0.2) is 10.8 Å². The van der Waals surface area contributed by atoms with E-state index in [1.165, 1.54) is 0 Å². The van der Waals surface area contributed by atoms with E-state index in [4.69, 9.17) is 17.4 Å². The van der Waals surface area contributed by atoms with Gasteiger partial charge in [-0.2, -0.15) is 0 Å². The molecule has 0 bridgehead atoms. The minimum atomic E-state index is 0.533. The van der Waals surface area contributed by atoms with Crippen LogP contribution in [0.25, 0.3) is 0 Å². The average Bonchev–Trinajstić information content (AvgIpc) is 2.05. The number of aromatic nitrogens is 1. The Morgan fingerprint density at radius 3 is 3.00 bits per heavy atom. The first kappa shape index (κ1) is 8.30. The molecule has 0 radical (unpaired) electrons. The molecule has 3 nitrogen and oxygen atoms in total. The maximum atomic E-state index is 5.90. The van der Waals surface area contributed by atoms with E-state index in [0.29, 0.717) is 10.8 Å². The number of hydrogen-bond donors (Lipinski definition) is 2. The number of nitrogens with two attached hydrogens (primary N) is 1. The molecule has 0 aliphatic heterocycles. The van der Waals surface area contributed by atoms with E-state index in [0.717, 1.165) is 12.0 Å². The molecule has 0 aliphatic carbocycles. The van der Waals surface area contributed by atoms with Crippen molar-refractivity contribution in [1.82, 2.24) is 4.98 Å². The highest BCUT2D eigenvalue weighted by Gasteiger charge is 2.02. The summed E-state index contributed by atoms with van der Waals surface area (Å²) >= 11 is 5.90. The molecule has 1 heterocycles. The highest BCUT2D eigenvalue weighted by molar-refractivity contribution is 6.33. The van der Waals surface area contributed by atoms with Crippen molar-refractivity contribution < 1.29 is 0 Å². The molecule has 0 saturated heterocycles. The summed E-state index contributed by atoms with van der Waals surface area (Å²) in [7, 11) is 0. The number of halogens is 1. The Hall–Kier alpha value is -0.800. The summed E-state index contributed by atoms with van der Waals surface area (Å²) in [6.07, 6.45) is 2.57. The Morgan fingerprint density at radius 2 is 2.45 bits per heavy atom. The SMILES string of the molecule is CCc1ccnc(NN)c1Cl. The van der Waals surface area contributed by atoms with Crippen molar-refractivity contribution in [3.8, 4) is 0 Å². The van der Waals surface area contributed by atoms with Gasteiger partial charge in [0.1, 0.15) is 0 Å². The molecule has 0 atom stereocenters. The molecule has 0 amide bonds. The van der Waals surface area contributed by atoms with Gasteiger partial charge in [0.15, 0.2) is 5.82 Å². The van der Waals surface area contributed by atoms with Crippen LogP contribution in [0.5, 0.6) is 0 Å². The van der Waals surface area contributed by atoms with Gasteiger partial charge in [0.25, 0.3) is 0 Å². The molecular formula is C7H10ClN3. The fourth-order valence-corrected chi connectivity index (χ4v) is 1.16. The molecule has 4 heteroatoms. The monoisotopic (exact) mass is 171 g/mol. The normalized spacial score (nSPS) is 9.73. The first-order chi connectivity index (χ1) is 5.29. The topological polar surface area (TPSA) is 50.9 Å². The lowest BCUT2D eigenvalue weighted by molar-refractivity contribution is 1.11. The average molecular weight is 172 g/mol. The number of anilines is 1. The number of aryl methyl sites for hydroxylation is 1. The van der Waals surface area contributed by atoms with Gasteiger partial charge in [-0.1, -0.05) is 18.5 Å². The summed E-state index contributed by atoms with van der Waals surface area (Å²) in [6.45, 7) is 2.03. The van der Waals surface area contributed by atoms with E-state index in [1.807, 2.05) is 13.0 Å². The first-order valence-corrected chi connectivity index (χ1v) is 3.77. The summed E-state index contributed by atoms with van der Waals surface area (Å²) in [5.41, 5.74) is 3.48. The van der Waals surface area contributed by atoms with Crippen LogP contribution in [0.3, 0.4) is 0 Å². The Balaban J connectivity index is 3.10. The predicted molar refractivity (Wildman–Crippen MR) is 46.4 cm³/mol. The second-order valence-corrected chi connectivity index (χ2v) is 2.51. The molecule has 0 saturated carbocycles. The standard InChI is InChI=1S/C7H10ClN3/c1-2-5-3-4-10-7(11-9)6(5)8/h3-4H,2,9H2,1H3,(H,10,11). The van der Waals surface area contributed by atoms with Gasteiger partial charge in [0.05, 0.1) is 5.02 Å². The zero-order valence-corrected chi connectivity index (χ0v) is 7.02. The molecule has 11 heavy (non-hydrogen) atoms. The second kappa shape index (κ2) is 3.55. The second-order valence-electron chi connectivity index (χ2n) is 2.13. The van der Waals surface area contributed by atoms with Crippen LogP contribution in [0.1, 0.15) is 12.5 Å². The third-order valence-electron chi connectivity index (χ3n) is 1.49. The van der Waals surface area contributed by atoms with Crippen LogP contribution in [-0.2, 0) is 6.42 Å². The Morgan fingerprint density at radius 1 is 1.73 bits per heavy atom. The van der Waals surface area contributed by atoms with Crippen LogP contribution in [0.2, 0.25) is 5.02 Å². The third kappa shape index (κ3) is 1.61. The van der Waals surface area contributed by atoms with Crippen LogP contribution in [0.15, 0.2) is 12.3 Å². The van der Waals surface area contributed by atoms with Crippen molar-refractivity contribution in [1.29, 1.82) is 0 Å². The minimum Gasteiger partial charge on any atom is -0.307 e. The number of hydrazine groups is 1. The van der Waals surface area contributed by atoms with Crippen molar-refractivity contribution in [2.24, 2.45) is 5.84 Å². The van der Waals surface area contributed by atoms with Crippen molar-refractivity contribution >= 4 is 17.4 Å². The van der Waals surface area contributed by atoms with Crippen LogP contribution < -0.4 is 11.3 Å². The van der Waals surface area contributed by atoms with Crippen LogP contribution in [0.4, 0.5) is 5.82 Å². The fourth-order valence-electron chi connectivity index (χ4n) is 0.857. The molecule has 0 fully saturated rings. The molecule has 60 valence electrons. The van der Waals surface area contributed by atoms with E-state index in [1.54, 1.807) is 6.20 Å². The Kier molecular flexibility index (Phi) is 2.68. The zero-order valence-electron chi connectivity index (χ0n) is 6.26. The number of nitrogen functional groups attached to an aromatic ring is 1. The Labute approximate surface area is 70.5 Å². The van der Waals surface area contributed by atoms with E-state index >= 15 is 0 Å². The maximum Gasteiger partial charge on any atom is 0.159 e. The lowest BCUT2D eigenvalue weighted by Crippen LogP contribution is -2.09. The molecular weight excluding hydrogens is 162 g/mol. The largest absolute Gasteiger partial charge is 0.307 e. The van der Waals surface area contributed by atoms with Crippen molar-refractivity contribution in [2.75, 3.05) is 5.43 Å². The van der Waals surface area contributed by atoms with Gasteiger partial charge >= 0.3 is 0 Å². The van der Waals surface area contributed by atoms with Gasteiger partial charge in [-0.15, -0.1) is 0 Å². The van der Waals surface area contributed by atoms with Gasteiger partial charge in [0, 0.05) is 6.20 Å². The summed E-state index contributed by atoms with van der Waals surface area (Å²) in [6, 6.07) is 1.88. The highest BCUT2D eigenvalue weighted by atomic mass is 35.5. The van der Waals surface area contributed by atoms with Gasteiger partial charge in [0.2, 0.25) is 0 Å². The summed E-state index contributed by atoms with van der Waals surface area (Å²) in [5.74, 6) is 5.71. The number of rotatable bonds is 2. The molecule has 0 unspecified atom stereocenters. The number of pyridine rings is 1. The molecule has 3 N–H and O–H groups in total. The Bertz CT molecular complexity index is 227. The molecule has 0 aliphatic rings. The van der Waals surface area contributed by atoms with Gasteiger partial charge in [-0.05, 0) is 18.1 Å². The van der Waals surface area contributed by atoms with Crippen LogP contribution in [-0.4, -0.2) is 4.98 Å². The number of hydrogen-bond acceptors (Lipinski definition) is 3. The fraction of sp³-hybridized carbons (Fsp3) is 0.286. The summed E-state index contributed by atoms with van der Waals surface area (Å²) in [5, 5.41) is 0.609. The van der Waals surface area contributed by atoms with Crippen molar-refractivity contribution in [3.63, 3.8) is 0 Å². The minimum absolute atomic E-state index is 0.533. The number of nitrogens with one attached hydrogen (secondary N) is 1. The third-order valence-corrected chi connectivity index (χ3v) is 1.91. The number of nitrogens with zero attached hydrogens (tertiary/aromatic N) is 1. The van der Waals surface area contributed by atoms with E-state index in [2.05, 4.69) is 10.4 Å². The van der Waals surface area contributed by atoms with Gasteiger partial charge in [-0.3, -0.25) is 0 Å². The van der Waals surface area contributed by atoms with Crippen LogP contribution >= 0.6 is 11.6 Å². The van der Waals surface area contributed by atoms with Crippen molar-refractivity contribution in [2.45, 2.75) is 13.3 Å². The smallest absolute Gasteiger partial charge is 0.159 e.